The normalized spacial score (nSPS) is 13.0. The van der Waals surface area contributed by atoms with Crippen LogP contribution in [0.15, 0.2) is 42.0 Å². The molecular weight excluding hydrogens is 297 g/mol. The topological polar surface area (TPSA) is 23.8 Å². The molecule has 0 N–H and O–H groups in total. The van der Waals surface area contributed by atoms with E-state index in [4.69, 9.17) is 5.26 Å². The second kappa shape index (κ2) is 7.27. The van der Waals surface area contributed by atoms with Gasteiger partial charge in [-0.1, -0.05) is 55.3 Å². The fourth-order valence-electron chi connectivity index (χ4n) is 3.01. The monoisotopic (exact) mass is 317 g/mol. The van der Waals surface area contributed by atoms with Crippen LogP contribution in [0.4, 0.5) is 4.39 Å². The van der Waals surface area contributed by atoms with Crippen LogP contribution >= 0.6 is 0 Å². The van der Waals surface area contributed by atoms with Crippen LogP contribution < -0.4 is 0 Å². The van der Waals surface area contributed by atoms with Gasteiger partial charge in [0, 0.05) is 0 Å². The molecule has 0 radical (unpaired) electrons. The Labute approximate surface area is 142 Å². The molecule has 3 rings (SSSR count). The van der Waals surface area contributed by atoms with Gasteiger partial charge in [-0.15, -0.1) is 0 Å². The lowest BCUT2D eigenvalue weighted by Gasteiger charge is -2.01. The molecule has 0 saturated carbocycles. The maximum atomic E-state index is 13.6. The number of halogens is 1. The molecule has 1 aliphatic rings. The molecule has 1 aliphatic carbocycles. The van der Waals surface area contributed by atoms with Gasteiger partial charge in [0.25, 0.3) is 0 Å². The molecule has 2 aromatic carbocycles. The van der Waals surface area contributed by atoms with Crippen LogP contribution in [0.3, 0.4) is 0 Å². The lowest BCUT2D eigenvalue weighted by atomic mass is 10.0. The number of fused-ring (bicyclic) bond motifs is 1. The number of unbranched alkanes of at least 4 members (excludes halogenated alkanes) is 1. The van der Waals surface area contributed by atoms with Gasteiger partial charge in [0.05, 0.1) is 5.56 Å². The zero-order chi connectivity index (χ0) is 16.9. The van der Waals surface area contributed by atoms with Crippen LogP contribution in [0.1, 0.15) is 54.0 Å². The van der Waals surface area contributed by atoms with Crippen LogP contribution in [-0.2, 0) is 6.42 Å². The van der Waals surface area contributed by atoms with Crippen molar-refractivity contribution in [1.82, 2.24) is 0 Å². The van der Waals surface area contributed by atoms with Crippen LogP contribution in [0.5, 0.6) is 0 Å². The smallest absolute Gasteiger partial charge is 0.141 e. The molecule has 0 atom stereocenters. The second-order valence-electron chi connectivity index (χ2n) is 6.23. The molecule has 120 valence electrons. The van der Waals surface area contributed by atoms with E-state index in [-0.39, 0.29) is 5.56 Å². The second-order valence-corrected chi connectivity index (χ2v) is 6.23. The molecule has 0 amide bonds. The van der Waals surface area contributed by atoms with Crippen molar-refractivity contribution in [2.75, 3.05) is 0 Å². The van der Waals surface area contributed by atoms with Gasteiger partial charge in [-0.2, -0.15) is 5.26 Å². The summed E-state index contributed by atoms with van der Waals surface area (Å²) >= 11 is 0. The van der Waals surface area contributed by atoms with Gasteiger partial charge in [-0.05, 0) is 59.7 Å². The van der Waals surface area contributed by atoms with E-state index in [0.29, 0.717) is 0 Å². The quantitative estimate of drug-likeness (QED) is 0.621. The van der Waals surface area contributed by atoms with E-state index < -0.39 is 5.82 Å². The summed E-state index contributed by atoms with van der Waals surface area (Å²) in [6.45, 7) is 2.22. The molecule has 1 nitrogen and oxygen atoms in total. The fraction of sp³-hybridized carbons (Fsp3) is 0.227. The first-order chi connectivity index (χ1) is 11.7. The Morgan fingerprint density at radius 3 is 2.58 bits per heavy atom. The highest BCUT2D eigenvalue weighted by Gasteiger charge is 2.12. The molecule has 0 bridgehead atoms. The van der Waals surface area contributed by atoms with Crippen LogP contribution in [0.25, 0.3) is 18.2 Å². The SMILES string of the molecule is CCCCC1=Cc2cc(/C=C/c3ccc(C#N)c(F)c3)ccc2C1. The van der Waals surface area contributed by atoms with Crippen molar-refractivity contribution in [3.63, 3.8) is 0 Å². The van der Waals surface area contributed by atoms with Crippen molar-refractivity contribution < 1.29 is 4.39 Å². The average Bonchev–Trinajstić information content (AvgIpc) is 3.00. The predicted octanol–water partition coefficient (Wildman–Crippen LogP) is 6.00. The minimum atomic E-state index is -0.475. The summed E-state index contributed by atoms with van der Waals surface area (Å²) < 4.78 is 13.6. The van der Waals surface area contributed by atoms with Crippen LogP contribution in [0.2, 0.25) is 0 Å². The molecule has 0 spiro atoms. The van der Waals surface area contributed by atoms with Crippen LogP contribution in [0, 0.1) is 17.1 Å². The third-order valence-electron chi connectivity index (χ3n) is 4.38. The summed E-state index contributed by atoms with van der Waals surface area (Å²) in [5.41, 5.74) is 6.14. The molecule has 0 saturated heterocycles. The molecule has 24 heavy (non-hydrogen) atoms. The zero-order valence-corrected chi connectivity index (χ0v) is 13.8. The standard InChI is InChI=1S/C22H20FN/c1-2-3-4-18-12-19-9-7-16(11-21(19)13-18)5-6-17-8-10-20(15-24)22(23)14-17/h5-11,13-14H,2-4,12H2,1H3/b6-5+. The summed E-state index contributed by atoms with van der Waals surface area (Å²) in [5.74, 6) is -0.475. The largest absolute Gasteiger partial charge is 0.206 e. The van der Waals surface area contributed by atoms with Crippen molar-refractivity contribution >= 4 is 18.2 Å². The molecule has 0 aliphatic heterocycles. The van der Waals surface area contributed by atoms with Gasteiger partial charge in [-0.3, -0.25) is 0 Å². The molecule has 2 heteroatoms. The summed E-state index contributed by atoms with van der Waals surface area (Å²) in [4.78, 5) is 0. The predicted molar refractivity (Wildman–Crippen MR) is 97.7 cm³/mol. The minimum Gasteiger partial charge on any atom is -0.206 e. The Morgan fingerprint density at radius 1 is 1.12 bits per heavy atom. The van der Waals surface area contributed by atoms with Gasteiger partial charge in [0.2, 0.25) is 0 Å². The van der Waals surface area contributed by atoms with E-state index in [1.807, 2.05) is 18.2 Å². The Kier molecular flexibility index (Phi) is 4.91. The molecule has 0 unspecified atom stereocenters. The van der Waals surface area contributed by atoms with E-state index in [1.165, 1.54) is 48.1 Å². The highest BCUT2D eigenvalue weighted by atomic mass is 19.1. The van der Waals surface area contributed by atoms with E-state index in [1.54, 1.807) is 6.07 Å². The van der Waals surface area contributed by atoms with Crippen LogP contribution in [-0.4, -0.2) is 0 Å². The minimum absolute atomic E-state index is 0.0782. The van der Waals surface area contributed by atoms with E-state index in [2.05, 4.69) is 31.2 Å². The Hall–Kier alpha value is -2.66. The maximum absolute atomic E-state index is 13.6. The highest BCUT2D eigenvalue weighted by molar-refractivity contribution is 5.73. The number of nitriles is 1. The average molecular weight is 317 g/mol. The van der Waals surface area contributed by atoms with E-state index >= 15 is 0 Å². The van der Waals surface area contributed by atoms with Crippen molar-refractivity contribution in [3.05, 3.63) is 75.6 Å². The van der Waals surface area contributed by atoms with Crippen molar-refractivity contribution in [3.8, 4) is 6.07 Å². The molecule has 2 aromatic rings. The van der Waals surface area contributed by atoms with Gasteiger partial charge >= 0.3 is 0 Å². The van der Waals surface area contributed by atoms with E-state index in [0.717, 1.165) is 17.5 Å². The van der Waals surface area contributed by atoms with Gasteiger partial charge < -0.3 is 0 Å². The summed E-state index contributed by atoms with van der Waals surface area (Å²) in [5, 5.41) is 8.77. The Bertz CT molecular complexity index is 853. The number of allylic oxidation sites excluding steroid dienone is 1. The van der Waals surface area contributed by atoms with Crippen molar-refractivity contribution in [2.24, 2.45) is 0 Å². The molecule has 0 heterocycles. The number of hydrogen-bond acceptors (Lipinski definition) is 1. The Morgan fingerprint density at radius 2 is 1.88 bits per heavy atom. The lowest BCUT2D eigenvalue weighted by Crippen LogP contribution is -1.86. The summed E-state index contributed by atoms with van der Waals surface area (Å²) in [6, 6.07) is 13.0. The summed E-state index contributed by atoms with van der Waals surface area (Å²) in [7, 11) is 0. The van der Waals surface area contributed by atoms with Gasteiger partial charge in [0.1, 0.15) is 11.9 Å². The fourth-order valence-corrected chi connectivity index (χ4v) is 3.01. The third-order valence-corrected chi connectivity index (χ3v) is 4.38. The zero-order valence-electron chi connectivity index (χ0n) is 13.8. The van der Waals surface area contributed by atoms with Gasteiger partial charge in [0.15, 0.2) is 0 Å². The molecule has 0 aromatic heterocycles. The molecular formula is C22H20FN. The number of nitrogens with zero attached hydrogens (tertiary/aromatic N) is 1. The first-order valence-corrected chi connectivity index (χ1v) is 8.39. The van der Waals surface area contributed by atoms with Crippen molar-refractivity contribution in [1.29, 1.82) is 5.26 Å². The number of benzene rings is 2. The molecule has 0 fully saturated rings. The number of rotatable bonds is 5. The first-order valence-electron chi connectivity index (χ1n) is 8.39. The number of hydrogen-bond donors (Lipinski definition) is 0. The third kappa shape index (κ3) is 3.63. The van der Waals surface area contributed by atoms with Gasteiger partial charge in [-0.25, -0.2) is 4.39 Å². The lowest BCUT2D eigenvalue weighted by molar-refractivity contribution is 0.623. The Balaban J connectivity index is 1.76. The first kappa shape index (κ1) is 16.2. The van der Waals surface area contributed by atoms with Crippen molar-refractivity contribution in [2.45, 2.75) is 32.6 Å². The van der Waals surface area contributed by atoms with E-state index in [9.17, 15) is 4.39 Å². The summed E-state index contributed by atoms with van der Waals surface area (Å²) in [6.07, 6.45) is 10.9. The highest BCUT2D eigenvalue weighted by Crippen LogP contribution is 2.29. The maximum Gasteiger partial charge on any atom is 0.141 e.